The molecule has 2 N–H and O–H groups in total. The van der Waals surface area contributed by atoms with Gasteiger partial charge in [-0.05, 0) is 42.3 Å². The molecule has 0 fully saturated rings. The first-order chi connectivity index (χ1) is 14.7. The first-order valence-electron chi connectivity index (χ1n) is 10.2. The van der Waals surface area contributed by atoms with E-state index in [-0.39, 0.29) is 5.82 Å². The van der Waals surface area contributed by atoms with Gasteiger partial charge in [-0.15, -0.1) is 0 Å². The molecule has 0 saturated carbocycles. The molecule has 0 aliphatic rings. The van der Waals surface area contributed by atoms with Crippen LogP contribution in [0.3, 0.4) is 0 Å². The molecule has 0 amide bonds. The lowest BCUT2D eigenvalue weighted by molar-refractivity contribution is 0.0487. The molecule has 7 nitrogen and oxygen atoms in total. The fourth-order valence-electron chi connectivity index (χ4n) is 2.46. The van der Waals surface area contributed by atoms with Crippen LogP contribution in [0.1, 0.15) is 25.3 Å². The number of nitrogens with one attached hydrogen (secondary N) is 2. The minimum Gasteiger partial charge on any atom is -0.439 e. The zero-order valence-corrected chi connectivity index (χ0v) is 17.7. The van der Waals surface area contributed by atoms with Crippen LogP contribution in [-0.4, -0.2) is 51.0 Å². The van der Waals surface area contributed by atoms with E-state index in [1.807, 2.05) is 12.1 Å². The van der Waals surface area contributed by atoms with E-state index in [0.29, 0.717) is 50.5 Å². The maximum absolute atomic E-state index is 13.0. The number of aliphatic imine (C=N–C) groups is 1. The Morgan fingerprint density at radius 2 is 1.80 bits per heavy atom. The Balaban J connectivity index is 1.66. The van der Waals surface area contributed by atoms with Crippen LogP contribution in [0.5, 0.6) is 11.6 Å². The zero-order chi connectivity index (χ0) is 21.4. The lowest BCUT2D eigenvalue weighted by Crippen LogP contribution is -2.38. The molecule has 1 aromatic carbocycles. The highest BCUT2D eigenvalue weighted by Gasteiger charge is 2.03. The van der Waals surface area contributed by atoms with Crippen molar-refractivity contribution < 1.29 is 18.6 Å². The van der Waals surface area contributed by atoms with Crippen molar-refractivity contribution in [2.45, 2.75) is 26.3 Å². The fraction of sp³-hybridized carbons (Fsp3) is 0.455. The molecule has 0 atom stereocenters. The standard InChI is InChI=1S/C22H31FN4O3/c1-3-4-12-28-14-15-29-13-11-26-22(24-2)27-17-18-9-10-25-21(16-18)30-20-7-5-19(23)6-8-20/h5-10,16H,3-4,11-15,17H2,1-2H3,(H2,24,26,27). The van der Waals surface area contributed by atoms with Crippen LogP contribution >= 0.6 is 0 Å². The maximum atomic E-state index is 13.0. The Bertz CT molecular complexity index is 756. The largest absolute Gasteiger partial charge is 0.439 e. The normalized spacial score (nSPS) is 11.4. The molecule has 1 heterocycles. The van der Waals surface area contributed by atoms with Gasteiger partial charge in [-0.25, -0.2) is 9.37 Å². The SMILES string of the molecule is CCCCOCCOCCNC(=NC)NCc1ccnc(Oc2ccc(F)cc2)c1. The number of nitrogens with zero attached hydrogens (tertiary/aromatic N) is 2. The van der Waals surface area contributed by atoms with E-state index in [2.05, 4.69) is 27.5 Å². The second-order valence-corrected chi connectivity index (χ2v) is 6.49. The highest BCUT2D eigenvalue weighted by molar-refractivity contribution is 5.79. The third kappa shape index (κ3) is 9.67. The van der Waals surface area contributed by atoms with Gasteiger partial charge in [-0.1, -0.05) is 13.3 Å². The van der Waals surface area contributed by atoms with E-state index in [1.165, 1.54) is 12.1 Å². The molecule has 0 aliphatic carbocycles. The zero-order valence-electron chi connectivity index (χ0n) is 17.7. The van der Waals surface area contributed by atoms with Gasteiger partial charge in [-0.2, -0.15) is 0 Å². The van der Waals surface area contributed by atoms with Crippen LogP contribution in [0.25, 0.3) is 0 Å². The van der Waals surface area contributed by atoms with Crippen LogP contribution < -0.4 is 15.4 Å². The van der Waals surface area contributed by atoms with Crippen molar-refractivity contribution in [1.82, 2.24) is 15.6 Å². The summed E-state index contributed by atoms with van der Waals surface area (Å²) in [7, 11) is 1.72. The maximum Gasteiger partial charge on any atom is 0.219 e. The molecule has 8 heteroatoms. The minimum atomic E-state index is -0.308. The Kier molecular flexibility index (Phi) is 11.2. The summed E-state index contributed by atoms with van der Waals surface area (Å²) in [5.74, 6) is 1.34. The molecule has 0 bridgehead atoms. The summed E-state index contributed by atoms with van der Waals surface area (Å²) >= 11 is 0. The topological polar surface area (TPSA) is 77.0 Å². The summed E-state index contributed by atoms with van der Waals surface area (Å²) in [6.07, 6.45) is 3.89. The van der Waals surface area contributed by atoms with Crippen molar-refractivity contribution in [1.29, 1.82) is 0 Å². The van der Waals surface area contributed by atoms with E-state index in [0.717, 1.165) is 25.0 Å². The molecule has 1 aromatic heterocycles. The van der Waals surface area contributed by atoms with E-state index in [4.69, 9.17) is 14.2 Å². The van der Waals surface area contributed by atoms with Gasteiger partial charge >= 0.3 is 0 Å². The van der Waals surface area contributed by atoms with E-state index in [9.17, 15) is 4.39 Å². The molecule has 164 valence electrons. The van der Waals surface area contributed by atoms with Crippen molar-refractivity contribution in [3.8, 4) is 11.6 Å². The fourth-order valence-corrected chi connectivity index (χ4v) is 2.46. The predicted octanol–water partition coefficient (Wildman–Crippen LogP) is 3.51. The van der Waals surface area contributed by atoms with Gasteiger partial charge in [0, 0.05) is 39.0 Å². The Hall–Kier alpha value is -2.71. The molecule has 2 aromatic rings. The van der Waals surface area contributed by atoms with Gasteiger partial charge in [0.25, 0.3) is 0 Å². The molecular formula is C22H31FN4O3. The third-order valence-corrected chi connectivity index (χ3v) is 4.07. The molecule has 0 unspecified atom stereocenters. The lowest BCUT2D eigenvalue weighted by atomic mass is 10.2. The van der Waals surface area contributed by atoms with Crippen LogP contribution in [0, 0.1) is 5.82 Å². The van der Waals surface area contributed by atoms with Crippen LogP contribution in [0.2, 0.25) is 0 Å². The minimum absolute atomic E-state index is 0.308. The first-order valence-corrected chi connectivity index (χ1v) is 10.2. The first kappa shape index (κ1) is 23.6. The summed E-state index contributed by atoms with van der Waals surface area (Å²) < 4.78 is 29.6. The molecule has 30 heavy (non-hydrogen) atoms. The van der Waals surface area contributed by atoms with E-state index in [1.54, 1.807) is 25.4 Å². The Morgan fingerprint density at radius 1 is 1.03 bits per heavy atom. The number of aromatic nitrogens is 1. The van der Waals surface area contributed by atoms with Crippen molar-refractivity contribution in [3.05, 3.63) is 54.0 Å². The predicted molar refractivity (Wildman–Crippen MR) is 115 cm³/mol. The van der Waals surface area contributed by atoms with Crippen molar-refractivity contribution >= 4 is 5.96 Å². The van der Waals surface area contributed by atoms with E-state index < -0.39 is 0 Å². The molecule has 0 radical (unpaired) electrons. The number of hydrogen-bond donors (Lipinski definition) is 2. The third-order valence-electron chi connectivity index (χ3n) is 4.07. The second-order valence-electron chi connectivity index (χ2n) is 6.49. The van der Waals surface area contributed by atoms with Crippen molar-refractivity contribution in [2.24, 2.45) is 4.99 Å². The number of pyridine rings is 1. The number of benzene rings is 1. The van der Waals surface area contributed by atoms with Gasteiger partial charge in [-0.3, -0.25) is 4.99 Å². The Labute approximate surface area is 177 Å². The highest BCUT2D eigenvalue weighted by atomic mass is 19.1. The monoisotopic (exact) mass is 418 g/mol. The molecule has 0 spiro atoms. The van der Waals surface area contributed by atoms with Gasteiger partial charge in [0.05, 0.1) is 19.8 Å². The molecular weight excluding hydrogens is 387 g/mol. The van der Waals surface area contributed by atoms with E-state index >= 15 is 0 Å². The summed E-state index contributed by atoms with van der Waals surface area (Å²) in [6, 6.07) is 9.53. The number of hydrogen-bond acceptors (Lipinski definition) is 5. The number of ether oxygens (including phenoxy) is 3. The van der Waals surface area contributed by atoms with Gasteiger partial charge in [0.1, 0.15) is 11.6 Å². The summed E-state index contributed by atoms with van der Waals surface area (Å²) in [6.45, 7) is 5.91. The number of rotatable bonds is 13. The smallest absolute Gasteiger partial charge is 0.219 e. The van der Waals surface area contributed by atoms with Crippen molar-refractivity contribution in [2.75, 3.05) is 40.0 Å². The number of guanidine groups is 1. The van der Waals surface area contributed by atoms with Gasteiger partial charge < -0.3 is 24.8 Å². The average molecular weight is 419 g/mol. The van der Waals surface area contributed by atoms with Crippen molar-refractivity contribution in [3.63, 3.8) is 0 Å². The average Bonchev–Trinajstić information content (AvgIpc) is 2.76. The second kappa shape index (κ2) is 14.3. The molecule has 0 saturated heterocycles. The van der Waals surface area contributed by atoms with Crippen LogP contribution in [0.4, 0.5) is 4.39 Å². The van der Waals surface area contributed by atoms with Crippen LogP contribution in [-0.2, 0) is 16.0 Å². The van der Waals surface area contributed by atoms with Gasteiger partial charge in [0.15, 0.2) is 5.96 Å². The molecule has 2 rings (SSSR count). The summed E-state index contributed by atoms with van der Waals surface area (Å²) in [4.78, 5) is 8.39. The summed E-state index contributed by atoms with van der Waals surface area (Å²) in [5, 5.41) is 6.44. The molecule has 0 aliphatic heterocycles. The van der Waals surface area contributed by atoms with Gasteiger partial charge in [0.2, 0.25) is 5.88 Å². The van der Waals surface area contributed by atoms with Crippen LogP contribution in [0.15, 0.2) is 47.6 Å². The quantitative estimate of drug-likeness (QED) is 0.295. The number of unbranched alkanes of at least 4 members (excludes halogenated alkanes) is 1. The Morgan fingerprint density at radius 3 is 2.53 bits per heavy atom. The highest BCUT2D eigenvalue weighted by Crippen LogP contribution is 2.20. The lowest BCUT2D eigenvalue weighted by Gasteiger charge is -2.13. The number of halogens is 1. The summed E-state index contributed by atoms with van der Waals surface area (Å²) in [5.41, 5.74) is 0.977.